The predicted octanol–water partition coefficient (Wildman–Crippen LogP) is 5.56. The third kappa shape index (κ3) is 5.06. The number of methoxy groups -OCH3 is 2. The lowest BCUT2D eigenvalue weighted by atomic mass is 10.0. The molecular formula is C29H30N2O4. The first-order valence-corrected chi connectivity index (χ1v) is 11.8. The van der Waals surface area contributed by atoms with Crippen molar-refractivity contribution in [2.24, 2.45) is 0 Å². The van der Waals surface area contributed by atoms with Crippen molar-refractivity contribution in [1.82, 2.24) is 9.55 Å². The van der Waals surface area contributed by atoms with Crippen molar-refractivity contribution < 1.29 is 14.6 Å². The number of nitrogens with zero attached hydrogens (tertiary/aromatic N) is 2. The minimum Gasteiger partial charge on any atom is -0.494 e. The van der Waals surface area contributed by atoms with E-state index in [0.717, 1.165) is 29.5 Å². The van der Waals surface area contributed by atoms with Crippen molar-refractivity contribution >= 4 is 0 Å². The maximum atomic E-state index is 13.9. The van der Waals surface area contributed by atoms with Crippen molar-refractivity contribution in [3.05, 3.63) is 100 Å². The molecule has 0 radical (unpaired) electrons. The van der Waals surface area contributed by atoms with Gasteiger partial charge in [-0.25, -0.2) is 0 Å². The van der Waals surface area contributed by atoms with E-state index in [0.29, 0.717) is 29.4 Å². The highest BCUT2D eigenvalue weighted by Gasteiger charge is 2.22. The molecule has 0 aliphatic carbocycles. The van der Waals surface area contributed by atoms with Crippen LogP contribution >= 0.6 is 0 Å². The number of benzene rings is 3. The van der Waals surface area contributed by atoms with Crippen LogP contribution in [0.3, 0.4) is 0 Å². The molecule has 1 aromatic heterocycles. The maximum absolute atomic E-state index is 13.9. The number of aromatic hydroxyl groups is 1. The van der Waals surface area contributed by atoms with Gasteiger partial charge in [-0.3, -0.25) is 9.36 Å². The van der Waals surface area contributed by atoms with Gasteiger partial charge in [-0.05, 0) is 35.2 Å². The summed E-state index contributed by atoms with van der Waals surface area (Å²) in [5, 5.41) is 10.8. The summed E-state index contributed by atoms with van der Waals surface area (Å²) in [4.78, 5) is 18.3. The average Bonchev–Trinajstić information content (AvgIpc) is 2.90. The van der Waals surface area contributed by atoms with E-state index in [1.807, 2.05) is 42.5 Å². The molecule has 0 saturated carbocycles. The van der Waals surface area contributed by atoms with E-state index in [1.54, 1.807) is 32.4 Å². The van der Waals surface area contributed by atoms with Gasteiger partial charge in [0.1, 0.15) is 23.0 Å². The van der Waals surface area contributed by atoms with Gasteiger partial charge in [-0.15, -0.1) is 0 Å². The monoisotopic (exact) mass is 470 g/mol. The highest BCUT2D eigenvalue weighted by molar-refractivity contribution is 5.63. The molecule has 0 amide bonds. The molecule has 4 aromatic rings. The van der Waals surface area contributed by atoms with Crippen LogP contribution in [0, 0.1) is 0 Å². The maximum Gasteiger partial charge on any atom is 0.265 e. The molecule has 0 fully saturated rings. The summed E-state index contributed by atoms with van der Waals surface area (Å²) in [6.07, 6.45) is 2.53. The Morgan fingerprint density at radius 3 is 2.09 bits per heavy atom. The van der Waals surface area contributed by atoms with Crippen LogP contribution in [0.25, 0.3) is 16.8 Å². The zero-order valence-corrected chi connectivity index (χ0v) is 20.3. The van der Waals surface area contributed by atoms with Gasteiger partial charge >= 0.3 is 0 Å². The van der Waals surface area contributed by atoms with Crippen LogP contribution in [0.15, 0.2) is 77.6 Å². The Morgan fingerprint density at radius 2 is 1.49 bits per heavy atom. The number of aromatic nitrogens is 2. The third-order valence-corrected chi connectivity index (χ3v) is 6.05. The lowest BCUT2D eigenvalue weighted by Gasteiger charge is -2.19. The molecule has 4 rings (SSSR count). The molecule has 0 saturated heterocycles. The molecule has 0 unspecified atom stereocenters. The highest BCUT2D eigenvalue weighted by atomic mass is 16.5. The fraction of sp³-hybridized carbons (Fsp3) is 0.241. The molecule has 0 spiro atoms. The normalized spacial score (nSPS) is 10.8. The summed E-state index contributed by atoms with van der Waals surface area (Å²) in [6, 6.07) is 23.5. The fourth-order valence-electron chi connectivity index (χ4n) is 4.18. The van der Waals surface area contributed by atoms with Crippen molar-refractivity contribution in [3.8, 4) is 34.2 Å². The zero-order valence-electron chi connectivity index (χ0n) is 20.3. The Kier molecular flexibility index (Phi) is 7.51. The second kappa shape index (κ2) is 10.9. The van der Waals surface area contributed by atoms with Crippen LogP contribution < -0.4 is 15.0 Å². The number of hydrogen-bond acceptors (Lipinski definition) is 5. The highest BCUT2D eigenvalue weighted by Crippen LogP contribution is 2.33. The summed E-state index contributed by atoms with van der Waals surface area (Å²) >= 11 is 0. The standard InChI is InChI=1S/C29H30N2O4/c1-4-5-14-26-30-28(32)23(19-20-15-17-22(18-16-20)21-10-7-6-8-11-21)29(33)31(26)27-24(34-2)12-9-13-25(27)35-3/h6-13,15-18,32H,4-5,14,19H2,1-3H3. The summed E-state index contributed by atoms with van der Waals surface area (Å²) in [7, 11) is 3.11. The van der Waals surface area contributed by atoms with Crippen molar-refractivity contribution in [1.29, 1.82) is 0 Å². The summed E-state index contributed by atoms with van der Waals surface area (Å²) in [5.41, 5.74) is 3.49. The summed E-state index contributed by atoms with van der Waals surface area (Å²) < 4.78 is 12.7. The number of ether oxygens (including phenoxy) is 2. The Labute approximate surface area is 205 Å². The van der Waals surface area contributed by atoms with Crippen LogP contribution in [0.4, 0.5) is 0 Å². The van der Waals surface area contributed by atoms with E-state index < -0.39 is 0 Å². The van der Waals surface area contributed by atoms with Crippen molar-refractivity contribution in [2.45, 2.75) is 32.6 Å². The van der Waals surface area contributed by atoms with E-state index in [4.69, 9.17) is 9.47 Å². The summed E-state index contributed by atoms with van der Waals surface area (Å²) in [5.74, 6) is 1.23. The summed E-state index contributed by atoms with van der Waals surface area (Å²) in [6.45, 7) is 2.07. The molecule has 1 N–H and O–H groups in total. The van der Waals surface area contributed by atoms with E-state index in [1.165, 1.54) is 4.57 Å². The molecule has 0 bridgehead atoms. The topological polar surface area (TPSA) is 73.6 Å². The lowest BCUT2D eigenvalue weighted by Crippen LogP contribution is -2.28. The molecule has 180 valence electrons. The molecule has 0 atom stereocenters. The van der Waals surface area contributed by atoms with Gasteiger partial charge < -0.3 is 14.6 Å². The molecule has 3 aromatic carbocycles. The van der Waals surface area contributed by atoms with Gasteiger partial charge in [0, 0.05) is 12.8 Å². The molecule has 6 nitrogen and oxygen atoms in total. The van der Waals surface area contributed by atoms with E-state index in [-0.39, 0.29) is 23.4 Å². The molecule has 1 heterocycles. The average molecular weight is 471 g/mol. The quantitative estimate of drug-likeness (QED) is 0.347. The van der Waals surface area contributed by atoms with E-state index >= 15 is 0 Å². The van der Waals surface area contributed by atoms with E-state index in [2.05, 4.69) is 24.0 Å². The van der Waals surface area contributed by atoms with Crippen LogP contribution in [-0.2, 0) is 12.8 Å². The Balaban J connectivity index is 1.81. The van der Waals surface area contributed by atoms with Gasteiger partial charge in [0.2, 0.25) is 5.88 Å². The minimum atomic E-state index is -0.335. The number of rotatable bonds is 9. The Hall–Kier alpha value is -4.06. The molecule has 0 aliphatic rings. The first-order chi connectivity index (χ1) is 17.1. The van der Waals surface area contributed by atoms with Gasteiger partial charge in [0.05, 0.1) is 19.8 Å². The fourth-order valence-corrected chi connectivity index (χ4v) is 4.18. The second-order valence-corrected chi connectivity index (χ2v) is 8.33. The number of unbranched alkanes of at least 4 members (excludes halogenated alkanes) is 1. The molecule has 35 heavy (non-hydrogen) atoms. The molecule has 6 heteroatoms. The largest absolute Gasteiger partial charge is 0.494 e. The van der Waals surface area contributed by atoms with Crippen LogP contribution in [0.1, 0.15) is 36.7 Å². The zero-order chi connectivity index (χ0) is 24.8. The van der Waals surface area contributed by atoms with Gasteiger partial charge in [0.15, 0.2) is 0 Å². The van der Waals surface area contributed by atoms with Gasteiger partial charge in [-0.2, -0.15) is 4.98 Å². The van der Waals surface area contributed by atoms with Crippen LogP contribution in [-0.4, -0.2) is 28.9 Å². The van der Waals surface area contributed by atoms with Gasteiger partial charge in [-0.1, -0.05) is 74.0 Å². The first-order valence-electron chi connectivity index (χ1n) is 11.8. The Morgan fingerprint density at radius 1 is 0.857 bits per heavy atom. The van der Waals surface area contributed by atoms with Crippen LogP contribution in [0.2, 0.25) is 0 Å². The number of hydrogen-bond donors (Lipinski definition) is 1. The number of aryl methyl sites for hydroxylation is 1. The number of para-hydroxylation sites is 1. The first kappa shape index (κ1) is 24.1. The van der Waals surface area contributed by atoms with Crippen LogP contribution in [0.5, 0.6) is 17.4 Å². The third-order valence-electron chi connectivity index (χ3n) is 6.05. The molecular weight excluding hydrogens is 440 g/mol. The SMILES string of the molecule is CCCCc1nc(O)c(Cc2ccc(-c3ccccc3)cc2)c(=O)n1-c1c(OC)cccc1OC. The second-order valence-electron chi connectivity index (χ2n) is 8.33. The minimum absolute atomic E-state index is 0.227. The van der Waals surface area contributed by atoms with E-state index in [9.17, 15) is 9.90 Å². The Bertz CT molecular complexity index is 1320. The van der Waals surface area contributed by atoms with Crippen molar-refractivity contribution in [3.63, 3.8) is 0 Å². The van der Waals surface area contributed by atoms with Crippen molar-refractivity contribution in [2.75, 3.05) is 14.2 Å². The predicted molar refractivity (Wildman–Crippen MR) is 138 cm³/mol. The van der Waals surface area contributed by atoms with Gasteiger partial charge in [0.25, 0.3) is 5.56 Å². The smallest absolute Gasteiger partial charge is 0.265 e. The lowest BCUT2D eigenvalue weighted by molar-refractivity contribution is 0.387. The molecule has 0 aliphatic heterocycles.